The van der Waals surface area contributed by atoms with Gasteiger partial charge in [-0.05, 0) is 94.5 Å². The summed E-state index contributed by atoms with van der Waals surface area (Å²) in [7, 11) is 0. The maximum atomic E-state index is 6.34. The second-order valence-electron chi connectivity index (χ2n) is 13.1. The van der Waals surface area contributed by atoms with Crippen molar-refractivity contribution in [2.45, 2.75) is 58.8 Å². The lowest BCUT2D eigenvalue weighted by atomic mass is 9.64. The molecule has 224 valence electrons. The lowest BCUT2D eigenvalue weighted by Gasteiger charge is -2.40. The maximum Gasteiger partial charge on any atom is 0.119 e. The molecule has 0 N–H and O–H groups in total. The summed E-state index contributed by atoms with van der Waals surface area (Å²) >= 11 is 0. The monoisotopic (exact) mass is 576 g/mol. The van der Waals surface area contributed by atoms with Gasteiger partial charge in [0.25, 0.3) is 0 Å². The standard InChI is InChI=1S/C39H44O4/c1-5-27-9-18-33-34-20-28(6-2)36(34)39(35(33)19-27,29-10-14-31(15-11-29)42-25-37(7-3)21-40-22-37)30-12-16-32(17-13-30)43-26-38(8-4)23-41-24-38/h9-20H,5-8,21-26H2,1-4H3. The molecule has 4 aliphatic rings. The average molecular weight is 577 g/mol. The van der Waals surface area contributed by atoms with Crippen LogP contribution in [0.3, 0.4) is 0 Å². The van der Waals surface area contributed by atoms with Gasteiger partial charge in [-0.3, -0.25) is 0 Å². The van der Waals surface area contributed by atoms with Crippen molar-refractivity contribution in [2.75, 3.05) is 39.6 Å². The van der Waals surface area contributed by atoms with Crippen molar-refractivity contribution in [3.63, 3.8) is 0 Å². The number of aryl methyl sites for hydroxylation is 1. The Bertz CT molecular complexity index is 1470. The van der Waals surface area contributed by atoms with Crippen molar-refractivity contribution in [2.24, 2.45) is 10.8 Å². The Morgan fingerprint density at radius 3 is 1.60 bits per heavy atom. The zero-order valence-electron chi connectivity index (χ0n) is 26.1. The Morgan fingerprint density at radius 1 is 0.651 bits per heavy atom. The predicted octanol–water partition coefficient (Wildman–Crippen LogP) is 8.31. The third-order valence-electron chi connectivity index (χ3n) is 10.6. The van der Waals surface area contributed by atoms with E-state index in [0.717, 1.165) is 63.6 Å². The van der Waals surface area contributed by atoms with Crippen LogP contribution in [0.2, 0.25) is 0 Å². The van der Waals surface area contributed by atoms with E-state index in [2.05, 4.69) is 101 Å². The summed E-state index contributed by atoms with van der Waals surface area (Å²) < 4.78 is 23.7. The molecular formula is C39H44O4. The molecule has 2 aliphatic carbocycles. The molecule has 0 saturated carbocycles. The summed E-state index contributed by atoms with van der Waals surface area (Å²) in [4.78, 5) is 0. The fourth-order valence-electron chi connectivity index (χ4n) is 7.24. The van der Waals surface area contributed by atoms with Gasteiger partial charge in [0, 0.05) is 0 Å². The van der Waals surface area contributed by atoms with Gasteiger partial charge in [-0.2, -0.15) is 0 Å². The molecule has 0 spiro atoms. The fourth-order valence-corrected chi connectivity index (χ4v) is 7.24. The minimum absolute atomic E-state index is 0.152. The van der Waals surface area contributed by atoms with Gasteiger partial charge in [-0.15, -0.1) is 0 Å². The van der Waals surface area contributed by atoms with E-state index in [1.807, 2.05) is 0 Å². The molecule has 0 amide bonds. The third kappa shape index (κ3) is 4.48. The first-order valence-electron chi connectivity index (χ1n) is 16.2. The molecule has 2 saturated heterocycles. The molecule has 0 aromatic heterocycles. The lowest BCUT2D eigenvalue weighted by Crippen LogP contribution is -2.46. The molecule has 0 unspecified atom stereocenters. The number of hydrogen-bond donors (Lipinski definition) is 0. The van der Waals surface area contributed by atoms with Crippen molar-refractivity contribution >= 4 is 5.57 Å². The first-order chi connectivity index (χ1) is 21.0. The second kappa shape index (κ2) is 11.0. The molecule has 4 nitrogen and oxygen atoms in total. The zero-order valence-corrected chi connectivity index (χ0v) is 26.1. The average Bonchev–Trinajstić information content (AvgIpc) is 3.22. The highest BCUT2D eigenvalue weighted by atomic mass is 16.5. The quantitative estimate of drug-likeness (QED) is 0.217. The van der Waals surface area contributed by atoms with E-state index in [4.69, 9.17) is 18.9 Å². The Hall–Kier alpha value is -3.34. The minimum Gasteiger partial charge on any atom is -0.493 e. The number of allylic oxidation sites excluding steroid dienone is 4. The van der Waals surface area contributed by atoms with Crippen LogP contribution in [0.15, 0.2) is 84.0 Å². The molecule has 7 rings (SSSR count). The summed E-state index contributed by atoms with van der Waals surface area (Å²) in [5.41, 5.74) is 10.9. The van der Waals surface area contributed by atoms with E-state index in [0.29, 0.717) is 13.2 Å². The van der Waals surface area contributed by atoms with Gasteiger partial charge in [-0.25, -0.2) is 0 Å². The molecule has 2 fully saturated rings. The fraction of sp³-hybridized carbons (Fsp3) is 0.436. The number of ether oxygens (including phenoxy) is 4. The van der Waals surface area contributed by atoms with E-state index in [9.17, 15) is 0 Å². The summed E-state index contributed by atoms with van der Waals surface area (Å²) in [6.45, 7) is 13.5. The molecule has 0 radical (unpaired) electrons. The van der Waals surface area contributed by atoms with Crippen LogP contribution >= 0.6 is 0 Å². The largest absolute Gasteiger partial charge is 0.493 e. The summed E-state index contributed by atoms with van der Waals surface area (Å²) in [5, 5.41) is 0. The number of benzene rings is 3. The van der Waals surface area contributed by atoms with Crippen LogP contribution in [0.25, 0.3) is 5.57 Å². The van der Waals surface area contributed by atoms with Crippen molar-refractivity contribution in [3.05, 3.63) is 112 Å². The van der Waals surface area contributed by atoms with Crippen LogP contribution in [0.5, 0.6) is 11.5 Å². The minimum atomic E-state index is -0.383. The van der Waals surface area contributed by atoms with Crippen molar-refractivity contribution < 1.29 is 18.9 Å². The van der Waals surface area contributed by atoms with Gasteiger partial charge in [-0.1, -0.05) is 76.2 Å². The highest BCUT2D eigenvalue weighted by Crippen LogP contribution is 2.62. The zero-order chi connectivity index (χ0) is 29.7. The highest BCUT2D eigenvalue weighted by Gasteiger charge is 2.52. The predicted molar refractivity (Wildman–Crippen MR) is 172 cm³/mol. The van der Waals surface area contributed by atoms with Crippen molar-refractivity contribution in [1.82, 2.24) is 0 Å². The van der Waals surface area contributed by atoms with Gasteiger partial charge in [0.15, 0.2) is 0 Å². The van der Waals surface area contributed by atoms with E-state index in [-0.39, 0.29) is 16.2 Å². The molecule has 3 aromatic rings. The third-order valence-corrected chi connectivity index (χ3v) is 10.6. The van der Waals surface area contributed by atoms with Gasteiger partial charge >= 0.3 is 0 Å². The number of rotatable bonds is 12. The van der Waals surface area contributed by atoms with E-state index in [1.165, 1.54) is 44.5 Å². The van der Waals surface area contributed by atoms with Gasteiger partial charge in [0.1, 0.15) is 11.5 Å². The Kier molecular flexibility index (Phi) is 7.26. The number of fused-ring (bicyclic) bond motifs is 3. The Morgan fingerprint density at radius 2 is 1.19 bits per heavy atom. The van der Waals surface area contributed by atoms with Crippen molar-refractivity contribution in [1.29, 1.82) is 0 Å². The van der Waals surface area contributed by atoms with Crippen molar-refractivity contribution in [3.8, 4) is 11.5 Å². The van der Waals surface area contributed by atoms with Crippen LogP contribution in [0, 0.1) is 10.8 Å². The number of hydrogen-bond acceptors (Lipinski definition) is 4. The van der Waals surface area contributed by atoms with E-state index < -0.39 is 0 Å². The maximum absolute atomic E-state index is 6.34. The summed E-state index contributed by atoms with van der Waals surface area (Å²) in [5.74, 6) is 1.84. The topological polar surface area (TPSA) is 36.9 Å². The van der Waals surface area contributed by atoms with Gasteiger partial charge in [0.05, 0.1) is 55.9 Å². The summed E-state index contributed by atoms with van der Waals surface area (Å²) in [6, 6.07) is 24.9. The van der Waals surface area contributed by atoms with E-state index in [1.54, 1.807) is 0 Å². The normalized spacial score (nSPS) is 20.2. The SMILES string of the molecule is CCC1=C2C(=C1)c1ccc(CC)cc1C2(c1ccc(OCC2(CC)COC2)cc1)c1ccc(OCC2(CC)COC2)cc1. The van der Waals surface area contributed by atoms with Gasteiger partial charge < -0.3 is 18.9 Å². The first-order valence-corrected chi connectivity index (χ1v) is 16.2. The molecule has 2 aliphatic heterocycles. The molecule has 3 aromatic carbocycles. The van der Waals surface area contributed by atoms with Gasteiger partial charge in [0.2, 0.25) is 0 Å². The highest BCUT2D eigenvalue weighted by molar-refractivity contribution is 6.01. The van der Waals surface area contributed by atoms with Crippen LogP contribution in [-0.4, -0.2) is 39.6 Å². The molecular weight excluding hydrogens is 532 g/mol. The Balaban J connectivity index is 1.29. The van der Waals surface area contributed by atoms with E-state index >= 15 is 0 Å². The van der Waals surface area contributed by atoms with Crippen LogP contribution in [0.1, 0.15) is 74.8 Å². The second-order valence-corrected chi connectivity index (χ2v) is 13.1. The van der Waals surface area contributed by atoms with Crippen LogP contribution < -0.4 is 9.47 Å². The molecule has 0 atom stereocenters. The first kappa shape index (κ1) is 28.4. The molecule has 4 heteroatoms. The van der Waals surface area contributed by atoms with Crippen LogP contribution in [0.4, 0.5) is 0 Å². The lowest BCUT2D eigenvalue weighted by molar-refractivity contribution is -0.133. The summed E-state index contributed by atoms with van der Waals surface area (Å²) in [6.07, 6.45) is 6.57. The molecule has 43 heavy (non-hydrogen) atoms. The smallest absolute Gasteiger partial charge is 0.119 e. The molecule has 0 bridgehead atoms. The molecule has 2 heterocycles. The van der Waals surface area contributed by atoms with Crippen LogP contribution in [-0.2, 0) is 21.3 Å². The Labute approximate surface area is 256 Å².